The number of benzene rings is 2. The highest BCUT2D eigenvalue weighted by Gasteiger charge is 2.17. The molecule has 0 aromatic heterocycles. The molecule has 0 spiro atoms. The van der Waals surface area contributed by atoms with Crippen molar-refractivity contribution in [3.8, 4) is 11.5 Å². The molecule has 0 heterocycles. The van der Waals surface area contributed by atoms with Crippen LogP contribution in [-0.4, -0.2) is 32.6 Å². The summed E-state index contributed by atoms with van der Waals surface area (Å²) in [7, 11) is 2.97. The van der Waals surface area contributed by atoms with Crippen LogP contribution in [0.2, 0.25) is 0 Å². The quantitative estimate of drug-likeness (QED) is 0.512. The molecule has 0 bridgehead atoms. The van der Waals surface area contributed by atoms with Gasteiger partial charge in [-0.3, -0.25) is 4.79 Å². The van der Waals surface area contributed by atoms with Gasteiger partial charge >= 0.3 is 5.97 Å². The Balaban J connectivity index is 2.07. The van der Waals surface area contributed by atoms with Crippen molar-refractivity contribution in [2.45, 2.75) is 13.3 Å². The van der Waals surface area contributed by atoms with Crippen LogP contribution in [0.25, 0.3) is 0 Å². The van der Waals surface area contributed by atoms with Gasteiger partial charge in [0.2, 0.25) is 0 Å². The molecular formula is C19H19BrO5. The van der Waals surface area contributed by atoms with Crippen LogP contribution in [0.15, 0.2) is 40.9 Å². The third kappa shape index (κ3) is 4.60. The monoisotopic (exact) mass is 406 g/mol. The van der Waals surface area contributed by atoms with Crippen molar-refractivity contribution in [2.75, 3.05) is 20.8 Å². The highest BCUT2D eigenvalue weighted by Crippen LogP contribution is 2.35. The number of ketones is 1. The first-order valence-corrected chi connectivity index (χ1v) is 8.50. The zero-order valence-electron chi connectivity index (χ0n) is 14.3. The van der Waals surface area contributed by atoms with E-state index in [0.29, 0.717) is 21.5 Å². The van der Waals surface area contributed by atoms with E-state index in [0.717, 1.165) is 12.0 Å². The first-order chi connectivity index (χ1) is 12.0. The van der Waals surface area contributed by atoms with E-state index in [1.165, 1.54) is 26.4 Å². The van der Waals surface area contributed by atoms with Crippen LogP contribution in [-0.2, 0) is 11.2 Å². The average molecular weight is 407 g/mol. The maximum absolute atomic E-state index is 12.2. The van der Waals surface area contributed by atoms with Crippen molar-refractivity contribution < 1.29 is 23.8 Å². The van der Waals surface area contributed by atoms with Crippen molar-refractivity contribution >= 4 is 27.7 Å². The molecule has 0 saturated carbocycles. The number of carbonyl (C=O) groups is 2. The molecule has 0 N–H and O–H groups in total. The first-order valence-electron chi connectivity index (χ1n) is 7.71. The highest BCUT2D eigenvalue weighted by atomic mass is 79.9. The van der Waals surface area contributed by atoms with Crippen molar-refractivity contribution in [3.05, 3.63) is 57.6 Å². The number of hydrogen-bond acceptors (Lipinski definition) is 5. The van der Waals surface area contributed by atoms with Gasteiger partial charge in [0, 0.05) is 5.56 Å². The van der Waals surface area contributed by atoms with Crippen molar-refractivity contribution in [1.29, 1.82) is 0 Å². The lowest BCUT2D eigenvalue weighted by Crippen LogP contribution is -2.14. The van der Waals surface area contributed by atoms with Crippen LogP contribution in [0.4, 0.5) is 0 Å². The van der Waals surface area contributed by atoms with Gasteiger partial charge in [-0.1, -0.05) is 31.2 Å². The van der Waals surface area contributed by atoms with Crippen LogP contribution in [0.3, 0.4) is 0 Å². The number of methoxy groups -OCH3 is 2. The van der Waals surface area contributed by atoms with Crippen molar-refractivity contribution in [3.63, 3.8) is 0 Å². The van der Waals surface area contributed by atoms with Crippen molar-refractivity contribution in [2.24, 2.45) is 0 Å². The van der Waals surface area contributed by atoms with Crippen LogP contribution in [0, 0.1) is 0 Å². The SMILES string of the molecule is CCc1ccc(C(=O)COC(=O)c2cc(OC)c(Br)c(OC)c2)cc1. The van der Waals surface area contributed by atoms with E-state index in [9.17, 15) is 9.59 Å². The van der Waals surface area contributed by atoms with E-state index in [2.05, 4.69) is 15.9 Å². The number of Topliss-reactive ketones (excluding diaryl/α,β-unsaturated/α-hetero) is 1. The van der Waals surface area contributed by atoms with Gasteiger partial charge in [0.15, 0.2) is 12.4 Å². The average Bonchev–Trinajstić information content (AvgIpc) is 2.66. The number of ether oxygens (including phenoxy) is 3. The number of halogens is 1. The Hall–Kier alpha value is -2.34. The summed E-state index contributed by atoms with van der Waals surface area (Å²) >= 11 is 3.33. The predicted octanol–water partition coefficient (Wildman–Crippen LogP) is 4.07. The van der Waals surface area contributed by atoms with E-state index >= 15 is 0 Å². The molecule has 2 aromatic rings. The molecule has 2 rings (SSSR count). The van der Waals surface area contributed by atoms with Crippen LogP contribution in [0.1, 0.15) is 33.2 Å². The minimum atomic E-state index is -0.623. The molecule has 0 fully saturated rings. The molecule has 6 heteroatoms. The maximum atomic E-state index is 12.2. The standard InChI is InChI=1S/C19H19BrO5/c1-4-12-5-7-13(8-6-12)15(21)11-25-19(22)14-9-16(23-2)18(20)17(10-14)24-3/h5-10H,4,11H2,1-3H3. The van der Waals surface area contributed by atoms with Gasteiger partial charge in [0.05, 0.1) is 19.8 Å². The minimum Gasteiger partial charge on any atom is -0.495 e. The lowest BCUT2D eigenvalue weighted by Gasteiger charge is -2.11. The smallest absolute Gasteiger partial charge is 0.338 e. The Kier molecular flexibility index (Phi) is 6.58. The van der Waals surface area contributed by atoms with Gasteiger partial charge in [-0.25, -0.2) is 4.79 Å². The summed E-state index contributed by atoms with van der Waals surface area (Å²) in [4.78, 5) is 24.4. The zero-order valence-corrected chi connectivity index (χ0v) is 15.9. The van der Waals surface area contributed by atoms with Crippen LogP contribution >= 0.6 is 15.9 Å². The molecule has 0 radical (unpaired) electrons. The van der Waals surface area contributed by atoms with E-state index in [1.54, 1.807) is 12.1 Å². The molecule has 2 aromatic carbocycles. The molecule has 0 aliphatic carbocycles. The largest absolute Gasteiger partial charge is 0.495 e. The molecule has 0 unspecified atom stereocenters. The summed E-state index contributed by atoms with van der Waals surface area (Å²) in [6, 6.07) is 10.3. The fourth-order valence-corrected chi connectivity index (χ4v) is 2.76. The molecular weight excluding hydrogens is 388 g/mol. The third-order valence-corrected chi connectivity index (χ3v) is 4.48. The fraction of sp³-hybridized carbons (Fsp3) is 0.263. The summed E-state index contributed by atoms with van der Waals surface area (Å²) in [6.07, 6.45) is 0.899. The van der Waals surface area contributed by atoms with Gasteiger partial charge in [0.1, 0.15) is 16.0 Å². The lowest BCUT2D eigenvalue weighted by atomic mass is 10.1. The Morgan fingerprint density at radius 1 is 0.960 bits per heavy atom. The topological polar surface area (TPSA) is 61.8 Å². The molecule has 5 nitrogen and oxygen atoms in total. The Morgan fingerprint density at radius 2 is 1.52 bits per heavy atom. The van der Waals surface area contributed by atoms with E-state index in [1.807, 2.05) is 19.1 Å². The number of esters is 1. The number of hydrogen-bond donors (Lipinski definition) is 0. The second kappa shape index (κ2) is 8.67. The summed E-state index contributed by atoms with van der Waals surface area (Å²) in [5.74, 6) is -0.00441. The molecule has 0 atom stereocenters. The third-order valence-electron chi connectivity index (χ3n) is 3.70. The minimum absolute atomic E-state index is 0.242. The first kappa shape index (κ1) is 19.0. The molecule has 0 aliphatic heterocycles. The molecule has 0 amide bonds. The zero-order chi connectivity index (χ0) is 18.4. The summed E-state index contributed by atoms with van der Waals surface area (Å²) < 4.78 is 16.1. The van der Waals surface area contributed by atoms with Gasteiger partial charge in [-0.05, 0) is 40.0 Å². The fourth-order valence-electron chi connectivity index (χ4n) is 2.21. The van der Waals surface area contributed by atoms with Gasteiger partial charge < -0.3 is 14.2 Å². The van der Waals surface area contributed by atoms with Crippen molar-refractivity contribution in [1.82, 2.24) is 0 Å². The summed E-state index contributed by atoms with van der Waals surface area (Å²) in [5.41, 5.74) is 1.89. The maximum Gasteiger partial charge on any atom is 0.338 e. The van der Waals surface area contributed by atoms with Crippen LogP contribution in [0.5, 0.6) is 11.5 Å². The second-order valence-electron chi connectivity index (χ2n) is 5.24. The molecule has 25 heavy (non-hydrogen) atoms. The van der Waals surface area contributed by atoms with Crippen LogP contribution < -0.4 is 9.47 Å². The Bertz CT molecular complexity index is 743. The van der Waals surface area contributed by atoms with Gasteiger partial charge in [-0.15, -0.1) is 0 Å². The Labute approximate surface area is 155 Å². The van der Waals surface area contributed by atoms with Gasteiger partial charge in [-0.2, -0.15) is 0 Å². The Morgan fingerprint density at radius 3 is 2.00 bits per heavy atom. The second-order valence-corrected chi connectivity index (χ2v) is 6.04. The number of rotatable bonds is 7. The predicted molar refractivity (Wildman–Crippen MR) is 97.7 cm³/mol. The normalized spacial score (nSPS) is 10.2. The summed E-state index contributed by atoms with van der Waals surface area (Å²) in [6.45, 7) is 1.71. The van der Waals surface area contributed by atoms with Gasteiger partial charge in [0.25, 0.3) is 0 Å². The van der Waals surface area contributed by atoms with E-state index in [4.69, 9.17) is 14.2 Å². The highest BCUT2D eigenvalue weighted by molar-refractivity contribution is 9.10. The number of carbonyl (C=O) groups excluding carboxylic acids is 2. The molecule has 0 saturated heterocycles. The molecule has 132 valence electrons. The van der Waals surface area contributed by atoms with E-state index < -0.39 is 5.97 Å². The van der Waals surface area contributed by atoms with E-state index in [-0.39, 0.29) is 18.0 Å². The molecule has 0 aliphatic rings. The lowest BCUT2D eigenvalue weighted by molar-refractivity contribution is 0.0474. The number of aryl methyl sites for hydroxylation is 1. The summed E-state index contributed by atoms with van der Waals surface area (Å²) in [5, 5.41) is 0.